The fourth-order valence-corrected chi connectivity index (χ4v) is 8.57. The van der Waals surface area contributed by atoms with E-state index >= 15 is 0 Å². The minimum atomic E-state index is -4.60. The molecule has 1 aromatic carbocycles. The minimum absolute atomic E-state index is 0.00919. The molecule has 4 bridgehead atoms. The van der Waals surface area contributed by atoms with E-state index in [0.717, 1.165) is 21.6 Å². The molecule has 2 fully saturated rings. The highest BCUT2D eigenvalue weighted by molar-refractivity contribution is 8.76. The maximum atomic E-state index is 14.2. The van der Waals surface area contributed by atoms with Gasteiger partial charge in [0, 0.05) is 31.1 Å². The quantitative estimate of drug-likeness (QED) is 0.120. The Morgan fingerprint density at radius 3 is 2.58 bits per heavy atom. The molecule has 9 atom stereocenters. The van der Waals surface area contributed by atoms with Crippen LogP contribution >= 0.6 is 33.2 Å². The number of aliphatic hydroxyl groups is 1. The van der Waals surface area contributed by atoms with Gasteiger partial charge >= 0.3 is 18.2 Å². The van der Waals surface area contributed by atoms with Crippen molar-refractivity contribution in [3.63, 3.8) is 0 Å². The summed E-state index contributed by atoms with van der Waals surface area (Å²) in [5.41, 5.74) is 0.0968. The van der Waals surface area contributed by atoms with Crippen LogP contribution in [0, 0.1) is 18.8 Å². The summed E-state index contributed by atoms with van der Waals surface area (Å²) < 4.78 is 60.4. The van der Waals surface area contributed by atoms with Crippen LogP contribution in [0.3, 0.4) is 0 Å². The van der Waals surface area contributed by atoms with Gasteiger partial charge in [-0.05, 0) is 71.0 Å². The summed E-state index contributed by atoms with van der Waals surface area (Å²) in [7, 11) is 5.44. The molecule has 10 nitrogen and oxygen atoms in total. The van der Waals surface area contributed by atoms with E-state index in [1.807, 2.05) is 38.1 Å². The van der Waals surface area contributed by atoms with Gasteiger partial charge in [-0.1, -0.05) is 76.9 Å². The molecular weight excluding hydrogens is 755 g/mol. The van der Waals surface area contributed by atoms with Gasteiger partial charge < -0.3 is 24.2 Å². The van der Waals surface area contributed by atoms with E-state index in [-0.39, 0.29) is 25.0 Å². The van der Waals surface area contributed by atoms with Crippen molar-refractivity contribution in [2.45, 2.75) is 115 Å². The van der Waals surface area contributed by atoms with Crippen LogP contribution in [0.25, 0.3) is 0 Å². The second-order valence-electron chi connectivity index (χ2n) is 14.6. The number of ether oxygens (including phenoxy) is 3. The van der Waals surface area contributed by atoms with Crippen molar-refractivity contribution in [1.29, 1.82) is 0 Å². The molecule has 1 aromatic rings. The van der Waals surface area contributed by atoms with E-state index in [9.17, 15) is 32.7 Å². The predicted octanol–water partition coefficient (Wildman–Crippen LogP) is 7.24. The standard InChI is InChI=1S/C37H51ClF3N3O7S2/c1-20-11-10-12-22(3)36(48)19-27(49-34(47)42-36)23(4)32-35(6,51-32)29(18-30(45)44(8)26-17-25(15-20)16-21(2)31(26)38)50-33(46)24(5)43(7)28(37(39,40)41)13-14-53-52-9/h10-12,16-17,22-24,27-29,32,48H,13-15,18-19H2,1-9H3,(H,42,47)/b12-10+,20-11+/t22-,23-,24+,27+,28-,29+,32+,35+,36+/m1/s1. The fraction of sp³-hybridized carbons (Fsp3) is 0.649. The molecule has 3 aliphatic heterocycles. The number of halogens is 4. The summed E-state index contributed by atoms with van der Waals surface area (Å²) in [4.78, 5) is 42.9. The molecule has 53 heavy (non-hydrogen) atoms. The highest BCUT2D eigenvalue weighted by Gasteiger charge is 2.64. The largest absolute Gasteiger partial charge is 0.457 e. The topological polar surface area (TPSA) is 121 Å². The Morgan fingerprint density at radius 1 is 1.26 bits per heavy atom. The molecule has 2 saturated heterocycles. The summed E-state index contributed by atoms with van der Waals surface area (Å²) in [6.07, 6.45) is -0.992. The van der Waals surface area contributed by atoms with Crippen LogP contribution in [-0.4, -0.2) is 102 Å². The van der Waals surface area contributed by atoms with Gasteiger partial charge in [0.15, 0.2) is 0 Å². The van der Waals surface area contributed by atoms with Gasteiger partial charge in [-0.15, -0.1) is 0 Å². The number of carbonyl (C=O) groups is 3. The van der Waals surface area contributed by atoms with Gasteiger partial charge in [-0.2, -0.15) is 13.2 Å². The van der Waals surface area contributed by atoms with Crippen molar-refractivity contribution in [3.8, 4) is 0 Å². The minimum Gasteiger partial charge on any atom is -0.457 e. The van der Waals surface area contributed by atoms with Crippen molar-refractivity contribution >= 4 is 56.8 Å². The number of hydrogen-bond acceptors (Lipinski definition) is 10. The lowest BCUT2D eigenvalue weighted by Crippen LogP contribution is -2.60. The van der Waals surface area contributed by atoms with E-state index in [1.165, 1.54) is 40.5 Å². The molecule has 296 valence electrons. The molecule has 4 rings (SSSR count). The van der Waals surface area contributed by atoms with Crippen LogP contribution in [0.2, 0.25) is 5.02 Å². The summed E-state index contributed by atoms with van der Waals surface area (Å²) in [6.45, 7) is 10.3. The number of aryl methyl sites for hydroxylation is 1. The number of esters is 1. The van der Waals surface area contributed by atoms with Gasteiger partial charge in [-0.25, -0.2) is 4.79 Å². The molecule has 3 heterocycles. The lowest BCUT2D eigenvalue weighted by atomic mass is 9.82. The maximum absolute atomic E-state index is 14.2. The van der Waals surface area contributed by atoms with E-state index in [2.05, 4.69) is 5.32 Å². The molecule has 0 spiro atoms. The zero-order chi connectivity index (χ0) is 39.6. The first-order valence-corrected chi connectivity index (χ1v) is 20.7. The van der Waals surface area contributed by atoms with Crippen molar-refractivity contribution in [2.24, 2.45) is 11.8 Å². The van der Waals surface area contributed by atoms with Crippen LogP contribution in [-0.2, 0) is 30.2 Å². The zero-order valence-corrected chi connectivity index (χ0v) is 34.0. The second-order valence-corrected chi connectivity index (χ2v) is 17.7. The number of nitrogens with one attached hydrogen (secondary N) is 1. The number of fused-ring (bicyclic) bond motifs is 5. The van der Waals surface area contributed by atoms with Crippen LogP contribution in [0.4, 0.5) is 23.7 Å². The van der Waals surface area contributed by atoms with Crippen molar-refractivity contribution in [1.82, 2.24) is 10.2 Å². The number of allylic oxidation sites excluding steroid dienone is 3. The summed E-state index contributed by atoms with van der Waals surface area (Å²) >= 11 is 6.74. The summed E-state index contributed by atoms with van der Waals surface area (Å²) in [5.74, 6) is -2.29. The number of nitrogens with zero attached hydrogens (tertiary/aromatic N) is 2. The third-order valence-corrected chi connectivity index (χ3v) is 13.1. The Kier molecular flexibility index (Phi) is 14.0. The van der Waals surface area contributed by atoms with Gasteiger partial charge in [0.1, 0.15) is 35.6 Å². The number of carbonyl (C=O) groups excluding carboxylic acids is 3. The number of hydrogen-bond donors (Lipinski definition) is 2. The summed E-state index contributed by atoms with van der Waals surface area (Å²) in [6, 6.07) is 0.505. The molecule has 0 aromatic heterocycles. The molecule has 16 heteroatoms. The Balaban J connectivity index is 1.73. The average Bonchev–Trinajstić information content (AvgIpc) is 3.77. The highest BCUT2D eigenvalue weighted by atomic mass is 35.5. The number of alkyl halides is 3. The monoisotopic (exact) mass is 805 g/mol. The van der Waals surface area contributed by atoms with Crippen LogP contribution in [0.1, 0.15) is 65.0 Å². The second kappa shape index (κ2) is 17.2. The number of anilines is 1. The number of epoxide rings is 1. The van der Waals surface area contributed by atoms with Crippen LogP contribution in [0.15, 0.2) is 35.9 Å². The molecule has 2 amide bonds. The number of rotatable bonds is 8. The van der Waals surface area contributed by atoms with Crippen molar-refractivity contribution in [3.05, 3.63) is 52.1 Å². The smallest absolute Gasteiger partial charge is 0.409 e. The molecule has 2 N–H and O–H groups in total. The van der Waals surface area contributed by atoms with E-state index in [4.69, 9.17) is 25.8 Å². The third-order valence-electron chi connectivity index (χ3n) is 10.8. The van der Waals surface area contributed by atoms with Gasteiger partial charge in [0.05, 0.1) is 23.2 Å². The number of amides is 2. The first-order valence-electron chi connectivity index (χ1n) is 17.6. The van der Waals surface area contributed by atoms with Crippen LogP contribution < -0.4 is 10.2 Å². The van der Waals surface area contributed by atoms with E-state index < -0.39 is 77.7 Å². The number of likely N-dealkylation sites (N-methyl/N-ethyl adjacent to an activating group) is 1. The molecule has 0 aliphatic carbocycles. The maximum Gasteiger partial charge on any atom is 0.409 e. The predicted molar refractivity (Wildman–Crippen MR) is 203 cm³/mol. The van der Waals surface area contributed by atoms with Gasteiger partial charge in [-0.3, -0.25) is 19.8 Å². The Morgan fingerprint density at radius 2 is 1.94 bits per heavy atom. The number of benzene rings is 1. The van der Waals surface area contributed by atoms with Crippen molar-refractivity contribution in [2.75, 3.05) is 31.0 Å². The van der Waals surface area contributed by atoms with E-state index in [1.54, 1.807) is 40.2 Å². The lowest BCUT2D eigenvalue weighted by molar-refractivity contribution is -0.191. The molecule has 0 unspecified atom stereocenters. The normalized spacial score (nSPS) is 32.5. The van der Waals surface area contributed by atoms with Crippen LogP contribution in [0.5, 0.6) is 0 Å². The molecule has 0 saturated carbocycles. The first kappa shape index (κ1) is 43.3. The Bertz CT molecular complexity index is 1600. The molecule has 3 aliphatic rings. The van der Waals surface area contributed by atoms with E-state index in [0.29, 0.717) is 17.1 Å². The molecule has 0 radical (unpaired) electrons. The molecular formula is C37H51ClF3N3O7S2. The van der Waals surface area contributed by atoms with Gasteiger partial charge in [0.2, 0.25) is 5.91 Å². The van der Waals surface area contributed by atoms with Crippen molar-refractivity contribution < 1.29 is 46.9 Å². The first-order chi connectivity index (χ1) is 24.6. The SMILES string of the molecule is CSSCC[C@@H](N(C)[C@@H](C)C(=O)O[C@H]1CC(=O)N(C)c2cc(cc(C)c2Cl)C/C(C)=C/C=C/[C@@H](C)[C@@]2(O)C[C@H](OC(=O)N2)[C@@H](C)[C@@H]2O[C@@]12C)C(F)(F)F. The Labute approximate surface area is 322 Å². The summed E-state index contributed by atoms with van der Waals surface area (Å²) in [5, 5.41) is 14.6. The van der Waals surface area contributed by atoms with Gasteiger partial charge in [0.25, 0.3) is 0 Å². The third kappa shape index (κ3) is 10.1. The average molecular weight is 806 g/mol. The fourth-order valence-electron chi connectivity index (χ4n) is 7.06. The number of alkyl carbamates (subject to hydrolysis) is 1. The highest BCUT2D eigenvalue weighted by Crippen LogP contribution is 2.49. The Hall–Kier alpha value is -2.43. The zero-order valence-electron chi connectivity index (χ0n) is 31.6. The lowest BCUT2D eigenvalue weighted by Gasteiger charge is -2.41.